The summed E-state index contributed by atoms with van der Waals surface area (Å²) in [5.41, 5.74) is 0. The second-order valence-corrected chi connectivity index (χ2v) is 2.53. The molecule has 0 amide bonds. The van der Waals surface area contributed by atoms with Crippen LogP contribution in [-0.4, -0.2) is 24.9 Å². The predicted molar refractivity (Wildman–Crippen MR) is 55.6 cm³/mol. The van der Waals surface area contributed by atoms with E-state index in [2.05, 4.69) is 0 Å². The number of benzene rings is 2. The molecule has 0 radical (unpaired) electrons. The van der Waals surface area contributed by atoms with Gasteiger partial charge in [-0.05, 0) is 22.9 Å². The molecule has 0 aliphatic rings. The van der Waals surface area contributed by atoms with Gasteiger partial charge in [-0.3, -0.25) is 0 Å². The number of rotatable bonds is 0. The molecule has 0 bridgehead atoms. The Hall–Kier alpha value is -0.864. The van der Waals surface area contributed by atoms with Crippen LogP contribution in [0.1, 0.15) is 0 Å². The normalized spacial score (nSPS) is 9.33. The summed E-state index contributed by atoms with van der Waals surface area (Å²) in [5.74, 6) is 0.323. The summed E-state index contributed by atoms with van der Waals surface area (Å²) in [6.45, 7) is 0. The number of hydrogen-bond donors (Lipinski definition) is 1. The van der Waals surface area contributed by atoms with Crippen LogP contribution in [-0.2, 0) is 0 Å². The molecule has 1 nitrogen and oxygen atoms in total. The Morgan fingerprint density at radius 3 is 2.25 bits per heavy atom. The van der Waals surface area contributed by atoms with E-state index >= 15 is 0 Å². The van der Waals surface area contributed by atoms with Gasteiger partial charge >= 0.3 is 19.8 Å². The molecule has 12 heavy (non-hydrogen) atoms. The topological polar surface area (TPSA) is 20.2 Å². The first-order valence-corrected chi connectivity index (χ1v) is 3.54. The number of phenolic OH excluding ortho intramolecular Hbond substituents is 1. The van der Waals surface area contributed by atoms with E-state index < -0.39 is 0 Å². The number of fused-ring (bicyclic) bond motifs is 1. The van der Waals surface area contributed by atoms with Crippen molar-refractivity contribution in [2.45, 2.75) is 0 Å². The van der Waals surface area contributed by atoms with Crippen molar-refractivity contribution in [2.75, 3.05) is 0 Å². The number of phenols is 1. The summed E-state index contributed by atoms with van der Waals surface area (Å²) in [6, 6.07) is 13.3. The second kappa shape index (κ2) is 3.69. The summed E-state index contributed by atoms with van der Waals surface area (Å²) in [7, 11) is 0. The molecule has 1 N–H and O–H groups in total. The van der Waals surface area contributed by atoms with Gasteiger partial charge in [0.15, 0.2) is 0 Å². The van der Waals surface area contributed by atoms with Gasteiger partial charge in [-0.1, -0.05) is 30.3 Å². The van der Waals surface area contributed by atoms with Gasteiger partial charge in [0.2, 0.25) is 0 Å². The third-order valence-electron chi connectivity index (χ3n) is 1.73. The van der Waals surface area contributed by atoms with E-state index in [0.29, 0.717) is 5.75 Å². The molecule has 0 spiro atoms. The van der Waals surface area contributed by atoms with Gasteiger partial charge in [0.1, 0.15) is 5.75 Å². The van der Waals surface area contributed by atoms with Crippen LogP contribution in [0.15, 0.2) is 42.5 Å². The SMILES string of the molecule is Oc1ccc2ccccc2c1.[GaH3]. The third kappa shape index (κ3) is 1.65. The molecule has 2 heteroatoms. The Bertz CT molecular complexity index is 384. The Labute approximate surface area is 84.1 Å². The molecule has 2 aromatic rings. The van der Waals surface area contributed by atoms with E-state index in [1.54, 1.807) is 12.1 Å². The average Bonchev–Trinajstić information content (AvgIpc) is 2.04. The molecule has 2 rings (SSSR count). The van der Waals surface area contributed by atoms with E-state index in [1.165, 1.54) is 0 Å². The zero-order valence-corrected chi connectivity index (χ0v) is 5.99. The molecule has 0 saturated heterocycles. The van der Waals surface area contributed by atoms with E-state index in [1.807, 2.05) is 30.3 Å². The first-order chi connectivity index (χ1) is 5.36. The minimum absolute atomic E-state index is 0. The monoisotopic (exact) mass is 216 g/mol. The zero-order chi connectivity index (χ0) is 7.68. The van der Waals surface area contributed by atoms with Crippen LogP contribution in [0.3, 0.4) is 0 Å². The predicted octanol–water partition coefficient (Wildman–Crippen LogP) is 1.36. The van der Waals surface area contributed by atoms with Crippen LogP contribution in [0.2, 0.25) is 0 Å². The van der Waals surface area contributed by atoms with E-state index in [4.69, 9.17) is 5.11 Å². The van der Waals surface area contributed by atoms with Gasteiger partial charge in [0.05, 0.1) is 0 Å². The van der Waals surface area contributed by atoms with Crippen molar-refractivity contribution >= 4 is 30.6 Å². The zero-order valence-electron chi connectivity index (χ0n) is 5.99. The standard InChI is InChI=1S/C10H8O.Ga.3H/c11-10-6-5-8-3-1-2-4-9(8)7-10;;;;/h1-7,11H;;;;. The van der Waals surface area contributed by atoms with Crippen LogP contribution in [0.4, 0.5) is 0 Å². The van der Waals surface area contributed by atoms with Crippen LogP contribution in [0.5, 0.6) is 5.75 Å². The van der Waals surface area contributed by atoms with Gasteiger partial charge in [-0.2, -0.15) is 0 Å². The molecule has 0 atom stereocenters. The second-order valence-electron chi connectivity index (χ2n) is 2.53. The molecule has 0 saturated carbocycles. The number of aromatic hydroxyl groups is 1. The number of hydrogen-bond acceptors (Lipinski definition) is 1. The average molecular weight is 217 g/mol. The maximum absolute atomic E-state index is 9.13. The van der Waals surface area contributed by atoms with Crippen LogP contribution in [0.25, 0.3) is 10.8 Å². The van der Waals surface area contributed by atoms with Gasteiger partial charge in [0, 0.05) is 0 Å². The maximum atomic E-state index is 9.13. The summed E-state index contributed by atoms with van der Waals surface area (Å²) < 4.78 is 0. The van der Waals surface area contributed by atoms with Gasteiger partial charge in [-0.25, -0.2) is 0 Å². The van der Waals surface area contributed by atoms with E-state index in [0.717, 1.165) is 10.8 Å². The van der Waals surface area contributed by atoms with Crippen molar-refractivity contribution in [1.82, 2.24) is 0 Å². The Balaban J connectivity index is 0.000000720. The summed E-state index contributed by atoms with van der Waals surface area (Å²) >= 11 is 0. The molecule has 0 aliphatic heterocycles. The Morgan fingerprint density at radius 2 is 1.50 bits per heavy atom. The molecule has 0 fully saturated rings. The minimum atomic E-state index is 0. The molecule has 0 aliphatic carbocycles. The fourth-order valence-corrected chi connectivity index (χ4v) is 1.18. The molecule has 2 aromatic carbocycles. The van der Waals surface area contributed by atoms with Crippen molar-refractivity contribution in [3.63, 3.8) is 0 Å². The Kier molecular flexibility index (Phi) is 2.84. The molecular formula is C10H11GaO. The van der Waals surface area contributed by atoms with Gasteiger partial charge in [-0.15, -0.1) is 0 Å². The van der Waals surface area contributed by atoms with E-state index in [9.17, 15) is 0 Å². The van der Waals surface area contributed by atoms with Crippen molar-refractivity contribution in [1.29, 1.82) is 0 Å². The van der Waals surface area contributed by atoms with Crippen molar-refractivity contribution in [3.8, 4) is 5.75 Å². The van der Waals surface area contributed by atoms with E-state index in [-0.39, 0.29) is 19.8 Å². The fourth-order valence-electron chi connectivity index (χ4n) is 1.18. The first kappa shape index (κ1) is 9.23. The summed E-state index contributed by atoms with van der Waals surface area (Å²) in [6.07, 6.45) is 0. The molecular weight excluding hydrogens is 206 g/mol. The quantitative estimate of drug-likeness (QED) is 0.660. The summed E-state index contributed by atoms with van der Waals surface area (Å²) in [4.78, 5) is 0. The molecule has 0 aromatic heterocycles. The first-order valence-electron chi connectivity index (χ1n) is 3.54. The third-order valence-corrected chi connectivity index (χ3v) is 1.73. The van der Waals surface area contributed by atoms with Gasteiger partial charge in [0.25, 0.3) is 0 Å². The van der Waals surface area contributed by atoms with Crippen molar-refractivity contribution in [3.05, 3.63) is 42.5 Å². The van der Waals surface area contributed by atoms with Gasteiger partial charge < -0.3 is 5.11 Å². The molecule has 60 valence electrons. The summed E-state index contributed by atoms with van der Waals surface area (Å²) in [5, 5.41) is 11.4. The Morgan fingerprint density at radius 1 is 0.833 bits per heavy atom. The van der Waals surface area contributed by atoms with Crippen LogP contribution < -0.4 is 0 Å². The molecule has 0 heterocycles. The fraction of sp³-hybridized carbons (Fsp3) is 0. The van der Waals surface area contributed by atoms with Crippen molar-refractivity contribution in [2.24, 2.45) is 0 Å². The van der Waals surface area contributed by atoms with Crippen molar-refractivity contribution < 1.29 is 5.11 Å². The molecule has 0 unspecified atom stereocenters. The van der Waals surface area contributed by atoms with Crippen LogP contribution in [0, 0.1) is 0 Å². The van der Waals surface area contributed by atoms with Crippen LogP contribution >= 0.6 is 0 Å².